The Hall–Kier alpha value is -2.69. The Bertz CT molecular complexity index is 1010. The number of hydrogen-bond donors (Lipinski definition) is 2. The third-order valence-electron chi connectivity index (χ3n) is 6.32. The molecule has 3 rings (SSSR count). The molecule has 5 atom stereocenters. The smallest absolute Gasteiger partial charge is 0.342 e. The average molecular weight is 489 g/mol. The maximum atomic E-state index is 14.9. The standard InChI is InChI=1S/C25H33BFNO7/c1-6-28(26-13-29)17-11-16-8-7-9-20-23(35-25(4,5)34-20)22(31)18(27)10-14(2)15(3)33-24(32)21(16)19(30)12-17/h7-8,10-15,20,22-23,26,30-31H,6,9H2,1-5H3/b8-7+,18-10+/t14-,15+,20+,22-,23+/m1/s1. The maximum Gasteiger partial charge on any atom is 0.342 e. The van der Waals surface area contributed by atoms with E-state index in [1.54, 1.807) is 50.7 Å². The molecule has 10 heteroatoms. The number of benzene rings is 1. The van der Waals surface area contributed by atoms with Crippen LogP contribution >= 0.6 is 0 Å². The van der Waals surface area contributed by atoms with Crippen LogP contribution in [0.2, 0.25) is 0 Å². The Morgan fingerprint density at radius 2 is 2.00 bits per heavy atom. The van der Waals surface area contributed by atoms with Crippen molar-refractivity contribution < 1.29 is 38.4 Å². The van der Waals surface area contributed by atoms with Gasteiger partial charge in [-0.25, -0.2) is 9.18 Å². The van der Waals surface area contributed by atoms with Gasteiger partial charge in [0.25, 0.3) is 0 Å². The van der Waals surface area contributed by atoms with Gasteiger partial charge < -0.3 is 34.0 Å². The fraction of sp³-hybridized carbons (Fsp3) is 0.520. The number of anilines is 1. The van der Waals surface area contributed by atoms with Crippen molar-refractivity contribution in [2.45, 2.75) is 71.2 Å². The second-order valence-electron chi connectivity index (χ2n) is 9.38. The zero-order valence-electron chi connectivity index (χ0n) is 20.7. The number of ether oxygens (including phenoxy) is 3. The third kappa shape index (κ3) is 6.12. The van der Waals surface area contributed by atoms with Crippen LogP contribution in [0.4, 0.5) is 10.1 Å². The van der Waals surface area contributed by atoms with Crippen molar-refractivity contribution in [2.75, 3.05) is 11.4 Å². The molecule has 0 bridgehead atoms. The number of hydrogen-bond acceptors (Lipinski definition) is 8. The summed E-state index contributed by atoms with van der Waals surface area (Å²) in [7, 11) is 0.122. The first-order chi connectivity index (χ1) is 16.5. The van der Waals surface area contributed by atoms with Gasteiger partial charge in [-0.3, -0.25) is 0 Å². The first-order valence-corrected chi connectivity index (χ1v) is 11.8. The molecule has 8 nitrogen and oxygen atoms in total. The molecule has 1 aromatic rings. The molecule has 0 spiro atoms. The number of phenolic OH excluding ortho intramolecular Hbond substituents is 1. The molecule has 2 N–H and O–H groups in total. The number of esters is 1. The minimum absolute atomic E-state index is 0.0341. The molecule has 0 amide bonds. The van der Waals surface area contributed by atoms with Crippen molar-refractivity contribution in [3.05, 3.63) is 41.2 Å². The number of phenols is 1. The van der Waals surface area contributed by atoms with E-state index < -0.39 is 47.9 Å². The third-order valence-corrected chi connectivity index (χ3v) is 6.32. The van der Waals surface area contributed by atoms with Gasteiger partial charge in [0.05, 0.1) is 6.10 Å². The van der Waals surface area contributed by atoms with Gasteiger partial charge in [-0.2, -0.15) is 0 Å². The number of aliphatic hydroxyl groups excluding tert-OH is 1. The minimum atomic E-state index is -1.55. The maximum absolute atomic E-state index is 14.9. The van der Waals surface area contributed by atoms with E-state index in [1.165, 1.54) is 12.1 Å². The Labute approximate surface area is 205 Å². The molecule has 2 heterocycles. The van der Waals surface area contributed by atoms with E-state index in [2.05, 4.69) is 0 Å². The number of aliphatic hydroxyl groups is 1. The van der Waals surface area contributed by atoms with Gasteiger partial charge in [0.15, 0.2) is 5.79 Å². The fourth-order valence-electron chi connectivity index (χ4n) is 4.30. The topological polar surface area (TPSA) is 106 Å². The second-order valence-corrected chi connectivity index (χ2v) is 9.38. The summed E-state index contributed by atoms with van der Waals surface area (Å²) < 4.78 is 32.2. The van der Waals surface area contributed by atoms with Crippen LogP contribution in [0, 0.1) is 5.92 Å². The van der Waals surface area contributed by atoms with Gasteiger partial charge in [0, 0.05) is 24.2 Å². The highest BCUT2D eigenvalue weighted by Crippen LogP contribution is 2.36. The van der Waals surface area contributed by atoms with Gasteiger partial charge in [0.2, 0.25) is 0 Å². The molecule has 2 aliphatic rings. The molecular formula is C25H33BFNO7. The summed E-state index contributed by atoms with van der Waals surface area (Å²) in [6, 6.07) is 3.11. The summed E-state index contributed by atoms with van der Waals surface area (Å²) in [5.74, 6) is -3.44. The first-order valence-electron chi connectivity index (χ1n) is 11.8. The highest BCUT2D eigenvalue weighted by atomic mass is 19.1. The summed E-state index contributed by atoms with van der Waals surface area (Å²) in [5.41, 5.74) is 0.923. The Kier molecular flexibility index (Phi) is 8.40. The van der Waals surface area contributed by atoms with Gasteiger partial charge in [0.1, 0.15) is 41.6 Å². The summed E-state index contributed by atoms with van der Waals surface area (Å²) in [5, 5.41) is 21.4. The number of carbonyl (C=O) groups is 2. The predicted molar refractivity (Wildman–Crippen MR) is 132 cm³/mol. The minimum Gasteiger partial charge on any atom is -0.507 e. The van der Waals surface area contributed by atoms with Crippen LogP contribution in [0.3, 0.4) is 0 Å². The van der Waals surface area contributed by atoms with E-state index in [0.29, 0.717) is 17.8 Å². The Morgan fingerprint density at radius 1 is 1.29 bits per heavy atom. The molecule has 0 aliphatic carbocycles. The van der Waals surface area contributed by atoms with E-state index in [0.717, 1.165) is 6.19 Å². The summed E-state index contributed by atoms with van der Waals surface area (Å²) >= 11 is 0. The van der Waals surface area contributed by atoms with Crippen LogP contribution in [-0.2, 0) is 19.0 Å². The van der Waals surface area contributed by atoms with Crippen LogP contribution < -0.4 is 4.81 Å². The van der Waals surface area contributed by atoms with Crippen molar-refractivity contribution in [1.29, 1.82) is 0 Å². The van der Waals surface area contributed by atoms with Crippen LogP contribution in [0.15, 0.2) is 30.1 Å². The predicted octanol–water partition coefficient (Wildman–Crippen LogP) is 3.09. The highest BCUT2D eigenvalue weighted by molar-refractivity contribution is 6.70. The fourth-order valence-corrected chi connectivity index (χ4v) is 4.30. The molecule has 0 unspecified atom stereocenters. The number of carbonyl (C=O) groups excluding carboxylic acids is 2. The van der Waals surface area contributed by atoms with E-state index in [1.807, 2.05) is 6.92 Å². The van der Waals surface area contributed by atoms with Crippen molar-refractivity contribution in [3.63, 3.8) is 0 Å². The highest BCUT2D eigenvalue weighted by Gasteiger charge is 2.45. The van der Waals surface area contributed by atoms with Crippen molar-refractivity contribution in [3.8, 4) is 5.75 Å². The molecule has 0 saturated carbocycles. The number of nitrogens with zero attached hydrogens (tertiary/aromatic N) is 1. The molecule has 2 aliphatic heterocycles. The monoisotopic (exact) mass is 489 g/mol. The van der Waals surface area contributed by atoms with Crippen molar-refractivity contribution in [1.82, 2.24) is 0 Å². The van der Waals surface area contributed by atoms with E-state index in [-0.39, 0.29) is 25.1 Å². The van der Waals surface area contributed by atoms with E-state index >= 15 is 0 Å². The van der Waals surface area contributed by atoms with E-state index in [4.69, 9.17) is 14.2 Å². The average Bonchev–Trinajstić information content (AvgIpc) is 3.09. The number of halogens is 1. The van der Waals surface area contributed by atoms with Crippen LogP contribution in [0.5, 0.6) is 5.75 Å². The number of rotatable bonds is 4. The quantitative estimate of drug-likeness (QED) is 0.378. The van der Waals surface area contributed by atoms with Gasteiger partial charge >= 0.3 is 13.4 Å². The normalized spacial score (nSPS) is 31.1. The van der Waals surface area contributed by atoms with Crippen LogP contribution in [0.25, 0.3) is 6.08 Å². The molecule has 35 heavy (non-hydrogen) atoms. The molecule has 1 fully saturated rings. The number of aromatic hydroxyl groups is 1. The SMILES string of the molecule is CCN(BC=O)c1cc(O)c2c(c1)/C=C/C[C@@H]1OC(C)(C)O[C@@H]1[C@H](O)/C(F)=C\[C@@H](C)[C@H](C)OC2=O. The lowest BCUT2D eigenvalue weighted by molar-refractivity contribution is -0.153. The molecule has 0 radical (unpaired) electrons. The van der Waals surface area contributed by atoms with Gasteiger partial charge in [-0.1, -0.05) is 19.1 Å². The second kappa shape index (κ2) is 10.9. The lowest BCUT2D eigenvalue weighted by atomic mass is 9.92. The number of fused-ring (bicyclic) bond motifs is 2. The lowest BCUT2D eigenvalue weighted by Gasteiger charge is -2.24. The molecule has 1 aromatic carbocycles. The summed E-state index contributed by atoms with van der Waals surface area (Å²) in [6.45, 7) is 9.03. The van der Waals surface area contributed by atoms with Crippen LogP contribution in [0.1, 0.15) is 57.0 Å². The lowest BCUT2D eigenvalue weighted by Crippen LogP contribution is -2.36. The van der Waals surface area contributed by atoms with Crippen molar-refractivity contribution in [2.24, 2.45) is 5.92 Å². The Morgan fingerprint density at radius 3 is 2.66 bits per heavy atom. The zero-order valence-corrected chi connectivity index (χ0v) is 20.7. The molecule has 190 valence electrons. The molecule has 1 saturated heterocycles. The first kappa shape index (κ1) is 26.9. The molecular weight excluding hydrogens is 456 g/mol. The molecule has 0 aromatic heterocycles. The summed E-state index contributed by atoms with van der Waals surface area (Å²) in [4.78, 5) is 25.9. The Balaban J connectivity index is 2.09. The summed E-state index contributed by atoms with van der Waals surface area (Å²) in [6.07, 6.45) is 1.66. The van der Waals surface area contributed by atoms with Gasteiger partial charge in [-0.05, 0) is 51.8 Å². The van der Waals surface area contributed by atoms with Crippen molar-refractivity contribution >= 4 is 31.3 Å². The van der Waals surface area contributed by atoms with Gasteiger partial charge in [-0.15, -0.1) is 0 Å². The van der Waals surface area contributed by atoms with Crippen LogP contribution in [-0.4, -0.2) is 66.5 Å². The van der Waals surface area contributed by atoms with E-state index in [9.17, 15) is 24.2 Å². The number of cyclic esters (lactones) is 1. The largest absolute Gasteiger partial charge is 0.507 e. The zero-order chi connectivity index (χ0) is 25.9.